The van der Waals surface area contributed by atoms with Gasteiger partial charge in [-0.25, -0.2) is 9.18 Å². The number of carbonyl (C=O) groups excluding carboxylic acids is 2. The summed E-state index contributed by atoms with van der Waals surface area (Å²) in [7, 11) is 1.85. The summed E-state index contributed by atoms with van der Waals surface area (Å²) in [4.78, 5) is 23.2. The Kier molecular flexibility index (Phi) is 4.82. The van der Waals surface area contributed by atoms with Gasteiger partial charge in [-0.15, -0.1) is 0 Å². The third-order valence-electron chi connectivity index (χ3n) is 3.61. The topological polar surface area (TPSA) is 97.3 Å². The summed E-state index contributed by atoms with van der Waals surface area (Å²) in [5.74, 6) is -1.05. The Bertz CT molecular complexity index is 805. The average Bonchev–Trinajstić information content (AvgIpc) is 2.96. The molecule has 0 unspecified atom stereocenters. The number of ether oxygens (including phenoxy) is 1. The molecule has 1 aliphatic rings. The molecule has 2 heterocycles. The average molecular weight is 347 g/mol. The molecule has 0 radical (unpaired) electrons. The number of benzene rings is 1. The molecule has 0 bridgehead atoms. The lowest BCUT2D eigenvalue weighted by molar-refractivity contribution is -0.118. The maximum Gasteiger partial charge on any atom is 0.319 e. The van der Waals surface area contributed by atoms with Crippen molar-refractivity contribution in [1.29, 1.82) is 0 Å². The maximum atomic E-state index is 13.9. The fraction of sp³-hybridized carbons (Fsp3) is 0.312. The number of amides is 3. The SMILES string of the molecule is Cn1cc(CCCNC(=O)Nc2cc(F)c3c(c2)NC(=O)CO3)cn1. The van der Waals surface area contributed by atoms with Gasteiger partial charge in [-0.2, -0.15) is 5.10 Å². The molecule has 3 N–H and O–H groups in total. The molecule has 3 amide bonds. The Morgan fingerprint density at radius 1 is 1.48 bits per heavy atom. The first-order valence-corrected chi connectivity index (χ1v) is 7.80. The number of rotatable bonds is 5. The van der Waals surface area contributed by atoms with Crippen LogP contribution in [0, 0.1) is 5.82 Å². The van der Waals surface area contributed by atoms with Crippen molar-refractivity contribution in [2.24, 2.45) is 7.05 Å². The zero-order chi connectivity index (χ0) is 17.8. The van der Waals surface area contributed by atoms with Gasteiger partial charge in [0, 0.05) is 31.5 Å². The lowest BCUT2D eigenvalue weighted by atomic mass is 10.2. The summed E-state index contributed by atoms with van der Waals surface area (Å²) >= 11 is 0. The Morgan fingerprint density at radius 3 is 3.08 bits per heavy atom. The number of nitrogens with one attached hydrogen (secondary N) is 3. The Hall–Kier alpha value is -3.10. The van der Waals surface area contributed by atoms with Crippen molar-refractivity contribution in [3.8, 4) is 5.75 Å². The highest BCUT2D eigenvalue weighted by Gasteiger charge is 2.21. The van der Waals surface area contributed by atoms with Gasteiger partial charge in [0.25, 0.3) is 5.91 Å². The van der Waals surface area contributed by atoms with Crippen molar-refractivity contribution in [2.45, 2.75) is 12.8 Å². The summed E-state index contributed by atoms with van der Waals surface area (Å²) in [5.41, 5.74) is 1.52. The van der Waals surface area contributed by atoms with Crippen molar-refractivity contribution in [1.82, 2.24) is 15.1 Å². The highest BCUT2D eigenvalue weighted by atomic mass is 19.1. The maximum absolute atomic E-state index is 13.9. The minimum Gasteiger partial charge on any atom is -0.478 e. The number of carbonyl (C=O) groups is 2. The number of urea groups is 1. The first kappa shape index (κ1) is 16.7. The molecule has 132 valence electrons. The largest absolute Gasteiger partial charge is 0.478 e. The lowest BCUT2D eigenvalue weighted by Crippen LogP contribution is -2.30. The van der Waals surface area contributed by atoms with Crippen LogP contribution in [0.3, 0.4) is 0 Å². The van der Waals surface area contributed by atoms with E-state index < -0.39 is 11.8 Å². The number of fused-ring (bicyclic) bond motifs is 1. The van der Waals surface area contributed by atoms with Crippen LogP contribution in [0.25, 0.3) is 0 Å². The normalized spacial score (nSPS) is 12.8. The van der Waals surface area contributed by atoms with Crippen LogP contribution in [0.2, 0.25) is 0 Å². The second-order valence-corrected chi connectivity index (χ2v) is 5.68. The van der Waals surface area contributed by atoms with Crippen LogP contribution in [0.5, 0.6) is 5.75 Å². The quantitative estimate of drug-likeness (QED) is 0.716. The van der Waals surface area contributed by atoms with Crippen LogP contribution in [0.1, 0.15) is 12.0 Å². The predicted octanol–water partition coefficient (Wildman–Crippen LogP) is 1.64. The molecule has 8 nitrogen and oxygen atoms in total. The minimum atomic E-state index is -0.649. The molecule has 0 atom stereocenters. The number of anilines is 2. The molecule has 25 heavy (non-hydrogen) atoms. The van der Waals surface area contributed by atoms with Crippen LogP contribution in [0.4, 0.5) is 20.6 Å². The fourth-order valence-electron chi connectivity index (χ4n) is 2.50. The summed E-state index contributed by atoms with van der Waals surface area (Å²) < 4.78 is 20.7. The van der Waals surface area contributed by atoms with Gasteiger partial charge in [0.05, 0.1) is 11.9 Å². The standard InChI is InChI=1S/C16H18FN5O3/c1-22-8-10(7-19-22)3-2-4-18-16(24)20-11-5-12(17)15-13(6-11)21-14(23)9-25-15/h5-8H,2-4,9H2,1H3,(H,21,23)(H2,18,20,24). The van der Waals surface area contributed by atoms with Crippen LogP contribution < -0.4 is 20.7 Å². The van der Waals surface area contributed by atoms with E-state index in [9.17, 15) is 14.0 Å². The van der Waals surface area contributed by atoms with Crippen molar-refractivity contribution >= 4 is 23.3 Å². The van der Waals surface area contributed by atoms with E-state index in [4.69, 9.17) is 4.74 Å². The zero-order valence-electron chi connectivity index (χ0n) is 13.6. The van der Waals surface area contributed by atoms with Gasteiger partial charge in [0.2, 0.25) is 0 Å². The van der Waals surface area contributed by atoms with Crippen molar-refractivity contribution in [3.63, 3.8) is 0 Å². The number of halogens is 1. The molecule has 1 aromatic carbocycles. The molecule has 1 aliphatic heterocycles. The first-order valence-electron chi connectivity index (χ1n) is 7.80. The second kappa shape index (κ2) is 7.20. The van der Waals surface area contributed by atoms with E-state index >= 15 is 0 Å². The number of aromatic nitrogens is 2. The van der Waals surface area contributed by atoms with Gasteiger partial charge in [0.15, 0.2) is 18.2 Å². The van der Waals surface area contributed by atoms with Gasteiger partial charge >= 0.3 is 6.03 Å². The van der Waals surface area contributed by atoms with Gasteiger partial charge < -0.3 is 20.7 Å². The molecule has 2 aromatic rings. The molecular weight excluding hydrogens is 329 g/mol. The first-order chi connectivity index (χ1) is 12.0. The van der Waals surface area contributed by atoms with E-state index in [0.29, 0.717) is 6.54 Å². The van der Waals surface area contributed by atoms with E-state index in [2.05, 4.69) is 21.0 Å². The summed E-state index contributed by atoms with van der Waals surface area (Å²) in [6.07, 6.45) is 5.26. The third-order valence-corrected chi connectivity index (χ3v) is 3.61. The molecule has 0 aliphatic carbocycles. The van der Waals surface area contributed by atoms with E-state index in [1.54, 1.807) is 10.9 Å². The number of hydrogen-bond acceptors (Lipinski definition) is 4. The monoisotopic (exact) mass is 347 g/mol. The zero-order valence-corrected chi connectivity index (χ0v) is 13.6. The van der Waals surface area contributed by atoms with Gasteiger partial charge in [0.1, 0.15) is 0 Å². The number of aryl methyl sites for hydroxylation is 2. The second-order valence-electron chi connectivity index (χ2n) is 5.68. The van der Waals surface area contributed by atoms with E-state index in [0.717, 1.165) is 24.5 Å². The minimum absolute atomic E-state index is 0.0259. The summed E-state index contributed by atoms with van der Waals surface area (Å²) in [6, 6.07) is 2.14. The number of hydrogen-bond donors (Lipinski definition) is 3. The molecular formula is C16H18FN5O3. The van der Waals surface area contributed by atoms with Crippen molar-refractivity contribution in [3.05, 3.63) is 35.9 Å². The fourth-order valence-corrected chi connectivity index (χ4v) is 2.50. The molecule has 0 saturated carbocycles. The summed E-state index contributed by atoms with van der Waals surface area (Å²) in [5, 5.41) is 11.8. The smallest absolute Gasteiger partial charge is 0.319 e. The molecule has 0 fully saturated rings. The van der Waals surface area contributed by atoms with Crippen LogP contribution in [0.15, 0.2) is 24.5 Å². The van der Waals surface area contributed by atoms with Gasteiger partial charge in [-0.3, -0.25) is 9.48 Å². The molecule has 0 saturated heterocycles. The lowest BCUT2D eigenvalue weighted by Gasteiger charge is -2.19. The Balaban J connectivity index is 1.50. The van der Waals surface area contributed by atoms with Crippen LogP contribution >= 0.6 is 0 Å². The van der Waals surface area contributed by atoms with E-state index in [1.807, 2.05) is 13.2 Å². The van der Waals surface area contributed by atoms with Gasteiger partial charge in [-0.05, 0) is 24.5 Å². The van der Waals surface area contributed by atoms with Crippen molar-refractivity contribution in [2.75, 3.05) is 23.8 Å². The van der Waals surface area contributed by atoms with Crippen LogP contribution in [-0.4, -0.2) is 34.9 Å². The predicted molar refractivity (Wildman–Crippen MR) is 89.1 cm³/mol. The highest BCUT2D eigenvalue weighted by Crippen LogP contribution is 2.33. The molecule has 3 rings (SSSR count). The van der Waals surface area contributed by atoms with E-state index in [-0.39, 0.29) is 29.6 Å². The molecule has 0 spiro atoms. The van der Waals surface area contributed by atoms with Crippen LogP contribution in [-0.2, 0) is 18.3 Å². The molecule has 9 heteroatoms. The van der Waals surface area contributed by atoms with Gasteiger partial charge in [-0.1, -0.05) is 0 Å². The Labute approximate surface area is 143 Å². The third kappa shape index (κ3) is 4.25. The van der Waals surface area contributed by atoms with Crippen molar-refractivity contribution < 1.29 is 18.7 Å². The highest BCUT2D eigenvalue weighted by molar-refractivity contribution is 5.97. The summed E-state index contributed by atoms with van der Waals surface area (Å²) in [6.45, 7) is 0.238. The molecule has 1 aromatic heterocycles. The number of nitrogens with zero attached hydrogens (tertiary/aromatic N) is 2. The van der Waals surface area contributed by atoms with E-state index in [1.165, 1.54) is 6.07 Å². The Morgan fingerprint density at radius 2 is 2.32 bits per heavy atom.